The summed E-state index contributed by atoms with van der Waals surface area (Å²) in [6.07, 6.45) is 8.64. The molecule has 0 heterocycles. The Balaban J connectivity index is 2.07. The minimum Gasteiger partial charge on any atom is -0.325 e. The zero-order valence-electron chi connectivity index (χ0n) is 10.7. The Kier molecular flexibility index (Phi) is 4.33. The molecule has 0 radical (unpaired) electrons. The third-order valence-electron chi connectivity index (χ3n) is 3.89. The van der Waals surface area contributed by atoms with E-state index in [0.29, 0.717) is 6.42 Å². The molecule has 18 heavy (non-hydrogen) atoms. The van der Waals surface area contributed by atoms with Crippen molar-refractivity contribution in [2.45, 2.75) is 56.9 Å². The van der Waals surface area contributed by atoms with Gasteiger partial charge in [-0.25, -0.2) is 8.78 Å². The van der Waals surface area contributed by atoms with Crippen molar-refractivity contribution in [3.63, 3.8) is 0 Å². The molecule has 1 fully saturated rings. The molecule has 1 aromatic carbocycles. The van der Waals surface area contributed by atoms with Gasteiger partial charge in [-0.2, -0.15) is 0 Å². The van der Waals surface area contributed by atoms with Crippen LogP contribution < -0.4 is 5.73 Å². The zero-order valence-corrected chi connectivity index (χ0v) is 10.7. The van der Waals surface area contributed by atoms with Crippen LogP contribution in [0.5, 0.6) is 0 Å². The highest BCUT2D eigenvalue weighted by Gasteiger charge is 2.26. The quantitative estimate of drug-likeness (QED) is 0.848. The lowest BCUT2D eigenvalue weighted by molar-refractivity contribution is 0.314. The molecular formula is C15H21F2N. The molecule has 3 heteroatoms. The largest absolute Gasteiger partial charge is 0.325 e. The molecule has 100 valence electrons. The summed E-state index contributed by atoms with van der Waals surface area (Å²) in [7, 11) is 0. The monoisotopic (exact) mass is 253 g/mol. The molecule has 0 aromatic heterocycles. The number of hydrogen-bond donors (Lipinski definition) is 1. The summed E-state index contributed by atoms with van der Waals surface area (Å²) in [6.45, 7) is 0. The van der Waals surface area contributed by atoms with Gasteiger partial charge in [-0.05, 0) is 37.0 Å². The van der Waals surface area contributed by atoms with Gasteiger partial charge in [-0.15, -0.1) is 0 Å². The first-order valence-electron chi connectivity index (χ1n) is 6.82. The summed E-state index contributed by atoms with van der Waals surface area (Å²) in [5, 5.41) is 0. The van der Waals surface area contributed by atoms with Crippen LogP contribution >= 0.6 is 0 Å². The molecule has 0 aliphatic heterocycles. The van der Waals surface area contributed by atoms with E-state index in [1.54, 1.807) is 6.07 Å². The van der Waals surface area contributed by atoms with Crippen molar-refractivity contribution in [2.75, 3.05) is 0 Å². The average Bonchev–Trinajstić information content (AvgIpc) is 2.30. The number of benzene rings is 1. The molecule has 0 unspecified atom stereocenters. The first kappa shape index (κ1) is 13.5. The van der Waals surface area contributed by atoms with Gasteiger partial charge in [0.05, 0.1) is 0 Å². The molecule has 1 nitrogen and oxygen atoms in total. The van der Waals surface area contributed by atoms with Gasteiger partial charge in [-0.3, -0.25) is 0 Å². The van der Waals surface area contributed by atoms with Crippen molar-refractivity contribution in [2.24, 2.45) is 5.73 Å². The van der Waals surface area contributed by atoms with E-state index in [1.807, 2.05) is 0 Å². The van der Waals surface area contributed by atoms with Gasteiger partial charge in [0.2, 0.25) is 0 Å². The fourth-order valence-corrected chi connectivity index (χ4v) is 2.84. The van der Waals surface area contributed by atoms with E-state index in [9.17, 15) is 8.78 Å². The summed E-state index contributed by atoms with van der Waals surface area (Å²) in [6, 6.07) is 4.12. The van der Waals surface area contributed by atoms with E-state index in [-0.39, 0.29) is 5.54 Å². The molecule has 0 amide bonds. The van der Waals surface area contributed by atoms with Crippen molar-refractivity contribution in [3.8, 4) is 0 Å². The summed E-state index contributed by atoms with van der Waals surface area (Å²) in [5.74, 6) is -1.57. The van der Waals surface area contributed by atoms with Gasteiger partial charge in [-0.1, -0.05) is 38.2 Å². The van der Waals surface area contributed by atoms with Crippen LogP contribution in [0.15, 0.2) is 18.2 Å². The lowest BCUT2D eigenvalue weighted by atomic mass is 9.80. The number of nitrogens with two attached hydrogens (primary N) is 1. The third-order valence-corrected chi connectivity index (χ3v) is 3.89. The van der Waals surface area contributed by atoms with Gasteiger partial charge >= 0.3 is 0 Å². The molecule has 2 rings (SSSR count). The summed E-state index contributed by atoms with van der Waals surface area (Å²) in [4.78, 5) is 0. The standard InChI is InChI=1S/C15H21F2N/c16-13-7-6-12(10-14(13)17)11-15(18)8-4-2-1-3-5-9-15/h6-7,10H,1-5,8-9,11,18H2. The molecular weight excluding hydrogens is 232 g/mol. The topological polar surface area (TPSA) is 26.0 Å². The SMILES string of the molecule is NC1(Cc2ccc(F)c(F)c2)CCCCCCC1. The molecule has 1 aliphatic carbocycles. The highest BCUT2D eigenvalue weighted by atomic mass is 19.2. The van der Waals surface area contributed by atoms with Gasteiger partial charge in [0, 0.05) is 5.54 Å². The van der Waals surface area contributed by atoms with Crippen LogP contribution in [0.1, 0.15) is 50.5 Å². The second-order valence-corrected chi connectivity index (χ2v) is 5.56. The van der Waals surface area contributed by atoms with Crippen molar-refractivity contribution in [3.05, 3.63) is 35.4 Å². The van der Waals surface area contributed by atoms with Gasteiger partial charge in [0.1, 0.15) is 0 Å². The van der Waals surface area contributed by atoms with Crippen molar-refractivity contribution in [1.29, 1.82) is 0 Å². The fourth-order valence-electron chi connectivity index (χ4n) is 2.84. The predicted octanol–water partition coefficient (Wildman–Crippen LogP) is 3.95. The van der Waals surface area contributed by atoms with Gasteiger partial charge < -0.3 is 5.73 Å². The Morgan fingerprint density at radius 3 is 2.17 bits per heavy atom. The zero-order chi connectivity index (χ0) is 13.0. The van der Waals surface area contributed by atoms with E-state index < -0.39 is 11.6 Å². The van der Waals surface area contributed by atoms with E-state index in [0.717, 1.165) is 31.2 Å². The third kappa shape index (κ3) is 3.52. The van der Waals surface area contributed by atoms with Crippen LogP contribution in [0.2, 0.25) is 0 Å². The molecule has 0 saturated heterocycles. The van der Waals surface area contributed by atoms with Crippen molar-refractivity contribution in [1.82, 2.24) is 0 Å². The molecule has 1 aromatic rings. The van der Waals surface area contributed by atoms with Crippen molar-refractivity contribution >= 4 is 0 Å². The Morgan fingerprint density at radius 1 is 0.944 bits per heavy atom. The number of halogens is 2. The maximum Gasteiger partial charge on any atom is 0.159 e. The summed E-state index contributed by atoms with van der Waals surface area (Å²) >= 11 is 0. The Hall–Kier alpha value is -0.960. The minimum atomic E-state index is -0.789. The molecule has 0 atom stereocenters. The van der Waals surface area contributed by atoms with E-state index >= 15 is 0 Å². The Labute approximate surface area is 107 Å². The number of hydrogen-bond acceptors (Lipinski definition) is 1. The highest BCUT2D eigenvalue weighted by Crippen LogP contribution is 2.27. The van der Waals surface area contributed by atoms with Crippen LogP contribution in [0.3, 0.4) is 0 Å². The lowest BCUT2D eigenvalue weighted by Gasteiger charge is -2.31. The molecule has 2 N–H and O–H groups in total. The van der Waals surface area contributed by atoms with Gasteiger partial charge in [0.15, 0.2) is 11.6 Å². The lowest BCUT2D eigenvalue weighted by Crippen LogP contribution is -2.42. The maximum absolute atomic E-state index is 13.2. The van der Waals surface area contributed by atoms with E-state index in [4.69, 9.17) is 5.73 Å². The van der Waals surface area contributed by atoms with Crippen LogP contribution in [0, 0.1) is 11.6 Å². The highest BCUT2D eigenvalue weighted by molar-refractivity contribution is 5.20. The number of rotatable bonds is 2. The molecule has 0 spiro atoms. The maximum atomic E-state index is 13.2. The van der Waals surface area contributed by atoms with Crippen LogP contribution in [0.4, 0.5) is 8.78 Å². The predicted molar refractivity (Wildman–Crippen MR) is 69.3 cm³/mol. The second kappa shape index (κ2) is 5.79. The molecule has 1 aliphatic rings. The first-order valence-corrected chi connectivity index (χ1v) is 6.82. The second-order valence-electron chi connectivity index (χ2n) is 5.56. The smallest absolute Gasteiger partial charge is 0.159 e. The van der Waals surface area contributed by atoms with E-state index in [1.165, 1.54) is 31.4 Å². The van der Waals surface area contributed by atoms with Crippen LogP contribution in [0.25, 0.3) is 0 Å². The summed E-state index contributed by atoms with van der Waals surface area (Å²) in [5.41, 5.74) is 6.99. The van der Waals surface area contributed by atoms with Crippen LogP contribution in [-0.4, -0.2) is 5.54 Å². The first-order chi connectivity index (χ1) is 8.59. The molecule has 0 bridgehead atoms. The summed E-state index contributed by atoms with van der Waals surface area (Å²) < 4.78 is 26.1. The normalized spacial score (nSPS) is 20.2. The Bertz CT molecular complexity index is 395. The van der Waals surface area contributed by atoms with Crippen molar-refractivity contribution < 1.29 is 8.78 Å². The van der Waals surface area contributed by atoms with E-state index in [2.05, 4.69) is 0 Å². The molecule has 1 saturated carbocycles. The van der Waals surface area contributed by atoms with Crippen LogP contribution in [-0.2, 0) is 6.42 Å². The fraction of sp³-hybridized carbons (Fsp3) is 0.600. The Morgan fingerprint density at radius 2 is 1.56 bits per heavy atom. The van der Waals surface area contributed by atoms with Gasteiger partial charge in [0.25, 0.3) is 0 Å². The minimum absolute atomic E-state index is 0.245. The average molecular weight is 253 g/mol.